The largest absolute Gasteiger partial charge is 0.369 e. The first-order valence-corrected chi connectivity index (χ1v) is 8.85. The van der Waals surface area contributed by atoms with Gasteiger partial charge in [0.25, 0.3) is 5.91 Å². The molecular formula is C17H19ClN4O3. The fourth-order valence-corrected chi connectivity index (χ4v) is 4.06. The fraction of sp³-hybridized carbons (Fsp3) is 0.471. The molecule has 132 valence electrons. The number of nitrogens with one attached hydrogen (secondary N) is 2. The van der Waals surface area contributed by atoms with Gasteiger partial charge >= 0.3 is 0 Å². The number of carbonyl (C=O) groups excluding carboxylic acids is 3. The maximum Gasteiger partial charge on any atom is 0.256 e. The number of piperidine rings is 1. The molecule has 1 atom stereocenters. The SMILES string of the molecule is O=C1CCC(N2Cc3cc(N4CCNCC4)cc(Cl)c3C2=O)C(=O)N1. The summed E-state index contributed by atoms with van der Waals surface area (Å²) >= 11 is 6.41. The maximum atomic E-state index is 12.8. The van der Waals surface area contributed by atoms with Crippen molar-refractivity contribution in [3.8, 4) is 0 Å². The van der Waals surface area contributed by atoms with Crippen LogP contribution in [0.4, 0.5) is 5.69 Å². The molecule has 25 heavy (non-hydrogen) atoms. The average molecular weight is 363 g/mol. The van der Waals surface area contributed by atoms with Gasteiger partial charge in [-0.3, -0.25) is 19.7 Å². The number of imide groups is 1. The van der Waals surface area contributed by atoms with Crippen LogP contribution in [0.5, 0.6) is 0 Å². The molecule has 2 saturated heterocycles. The number of fused-ring (bicyclic) bond motifs is 1. The third-order valence-corrected chi connectivity index (χ3v) is 5.34. The lowest BCUT2D eigenvalue weighted by Gasteiger charge is -2.30. The third kappa shape index (κ3) is 2.87. The van der Waals surface area contributed by atoms with E-state index in [-0.39, 0.29) is 18.2 Å². The van der Waals surface area contributed by atoms with Crippen LogP contribution in [0.3, 0.4) is 0 Å². The Hall–Kier alpha value is -2.12. The lowest BCUT2D eigenvalue weighted by atomic mass is 10.0. The van der Waals surface area contributed by atoms with E-state index in [0.29, 0.717) is 23.6 Å². The highest BCUT2D eigenvalue weighted by molar-refractivity contribution is 6.34. The Morgan fingerprint density at radius 3 is 2.60 bits per heavy atom. The van der Waals surface area contributed by atoms with Gasteiger partial charge in [0.1, 0.15) is 6.04 Å². The number of hydrogen-bond acceptors (Lipinski definition) is 5. The molecule has 7 nitrogen and oxygen atoms in total. The Morgan fingerprint density at radius 1 is 1.12 bits per heavy atom. The zero-order valence-corrected chi connectivity index (χ0v) is 14.4. The Bertz CT molecular complexity index is 761. The molecule has 3 aliphatic heterocycles. The Kier molecular flexibility index (Phi) is 4.13. The number of halogens is 1. The topological polar surface area (TPSA) is 81.8 Å². The molecule has 1 unspecified atom stereocenters. The van der Waals surface area contributed by atoms with E-state index < -0.39 is 11.9 Å². The molecule has 4 rings (SSSR count). The summed E-state index contributed by atoms with van der Waals surface area (Å²) in [6.45, 7) is 3.95. The second-order valence-corrected chi connectivity index (χ2v) is 7.01. The molecule has 8 heteroatoms. The minimum atomic E-state index is -0.615. The summed E-state index contributed by atoms with van der Waals surface area (Å²) in [5.41, 5.74) is 2.32. The molecule has 3 amide bonds. The fourth-order valence-electron chi connectivity index (χ4n) is 3.75. The Balaban J connectivity index is 1.61. The van der Waals surface area contributed by atoms with Gasteiger partial charge in [-0.2, -0.15) is 0 Å². The van der Waals surface area contributed by atoms with E-state index in [4.69, 9.17) is 11.6 Å². The van der Waals surface area contributed by atoms with E-state index in [9.17, 15) is 14.4 Å². The number of piperazine rings is 1. The van der Waals surface area contributed by atoms with Gasteiger partial charge < -0.3 is 15.1 Å². The highest BCUT2D eigenvalue weighted by Crippen LogP contribution is 2.35. The quantitative estimate of drug-likeness (QED) is 0.749. The highest BCUT2D eigenvalue weighted by Gasteiger charge is 2.40. The van der Waals surface area contributed by atoms with E-state index in [1.54, 1.807) is 0 Å². The average Bonchev–Trinajstić information content (AvgIpc) is 2.93. The minimum Gasteiger partial charge on any atom is -0.369 e. The lowest BCUT2D eigenvalue weighted by molar-refractivity contribution is -0.136. The molecule has 0 spiro atoms. The van der Waals surface area contributed by atoms with Crippen molar-refractivity contribution in [3.05, 3.63) is 28.3 Å². The van der Waals surface area contributed by atoms with E-state index in [1.807, 2.05) is 12.1 Å². The van der Waals surface area contributed by atoms with Crippen LogP contribution in [0.25, 0.3) is 0 Å². The van der Waals surface area contributed by atoms with Crippen LogP contribution in [0.1, 0.15) is 28.8 Å². The first-order valence-electron chi connectivity index (χ1n) is 8.47. The number of benzene rings is 1. The van der Waals surface area contributed by atoms with Crippen LogP contribution in [-0.2, 0) is 16.1 Å². The van der Waals surface area contributed by atoms with Gasteiger partial charge in [0.05, 0.1) is 10.6 Å². The van der Waals surface area contributed by atoms with Crippen LogP contribution in [0.2, 0.25) is 5.02 Å². The number of amides is 3. The van der Waals surface area contributed by atoms with Crippen LogP contribution in [0.15, 0.2) is 12.1 Å². The molecular weight excluding hydrogens is 344 g/mol. The van der Waals surface area contributed by atoms with Gasteiger partial charge in [0.15, 0.2) is 0 Å². The van der Waals surface area contributed by atoms with Gasteiger partial charge in [-0.25, -0.2) is 0 Å². The third-order valence-electron chi connectivity index (χ3n) is 5.04. The summed E-state index contributed by atoms with van der Waals surface area (Å²) in [5.74, 6) is -0.929. The molecule has 0 aliphatic carbocycles. The summed E-state index contributed by atoms with van der Waals surface area (Å²) < 4.78 is 0. The van der Waals surface area contributed by atoms with E-state index in [2.05, 4.69) is 15.5 Å². The maximum absolute atomic E-state index is 12.8. The summed E-state index contributed by atoms with van der Waals surface area (Å²) in [5, 5.41) is 6.04. The van der Waals surface area contributed by atoms with Crippen LogP contribution in [-0.4, -0.2) is 54.8 Å². The van der Waals surface area contributed by atoms with Crippen molar-refractivity contribution in [1.29, 1.82) is 0 Å². The molecule has 0 saturated carbocycles. The predicted octanol–water partition coefficient (Wildman–Crippen LogP) is 0.511. The van der Waals surface area contributed by atoms with Gasteiger partial charge in [-0.1, -0.05) is 11.6 Å². The van der Waals surface area contributed by atoms with Crippen molar-refractivity contribution in [2.75, 3.05) is 31.1 Å². The van der Waals surface area contributed by atoms with Crippen molar-refractivity contribution in [2.24, 2.45) is 0 Å². The smallest absolute Gasteiger partial charge is 0.256 e. The molecule has 1 aromatic carbocycles. The van der Waals surface area contributed by atoms with Gasteiger partial charge in [0.2, 0.25) is 11.8 Å². The van der Waals surface area contributed by atoms with Gasteiger partial charge in [0, 0.05) is 44.8 Å². The molecule has 0 aromatic heterocycles. The lowest BCUT2D eigenvalue weighted by Crippen LogP contribution is -2.52. The standard InChI is InChI=1S/C17H19ClN4O3/c18-12-8-11(21-5-3-19-4-6-21)7-10-9-22(17(25)15(10)12)13-1-2-14(23)20-16(13)24/h7-8,13,19H,1-6,9H2,(H,20,23,24). The van der Waals surface area contributed by atoms with Gasteiger partial charge in [-0.15, -0.1) is 0 Å². The molecule has 3 heterocycles. The molecule has 3 aliphatic rings. The first-order chi connectivity index (χ1) is 12.0. The van der Waals surface area contributed by atoms with Gasteiger partial charge in [-0.05, 0) is 24.1 Å². The minimum absolute atomic E-state index is 0.235. The summed E-state index contributed by atoms with van der Waals surface area (Å²) in [7, 11) is 0. The second-order valence-electron chi connectivity index (χ2n) is 6.60. The summed E-state index contributed by atoms with van der Waals surface area (Å²) in [6.07, 6.45) is 0.600. The van der Waals surface area contributed by atoms with Crippen LogP contribution in [0, 0.1) is 0 Å². The highest BCUT2D eigenvalue weighted by atomic mass is 35.5. The van der Waals surface area contributed by atoms with Crippen molar-refractivity contribution in [2.45, 2.75) is 25.4 Å². The number of rotatable bonds is 2. The normalized spacial score (nSPS) is 23.7. The number of nitrogens with zero attached hydrogens (tertiary/aromatic N) is 2. The van der Waals surface area contributed by atoms with Crippen LogP contribution < -0.4 is 15.5 Å². The molecule has 2 fully saturated rings. The van der Waals surface area contributed by atoms with E-state index in [0.717, 1.165) is 37.4 Å². The monoisotopic (exact) mass is 362 g/mol. The molecule has 2 N–H and O–H groups in total. The Labute approximate surface area is 150 Å². The van der Waals surface area contributed by atoms with E-state index >= 15 is 0 Å². The van der Waals surface area contributed by atoms with Crippen molar-refractivity contribution in [3.63, 3.8) is 0 Å². The first kappa shape index (κ1) is 16.4. The number of hydrogen-bond donors (Lipinski definition) is 2. The molecule has 1 aromatic rings. The predicted molar refractivity (Wildman–Crippen MR) is 92.6 cm³/mol. The zero-order chi connectivity index (χ0) is 17.6. The van der Waals surface area contributed by atoms with Crippen molar-refractivity contribution in [1.82, 2.24) is 15.5 Å². The van der Waals surface area contributed by atoms with Crippen molar-refractivity contribution >= 4 is 35.0 Å². The second kappa shape index (κ2) is 6.31. The number of carbonyl (C=O) groups is 3. The van der Waals surface area contributed by atoms with Crippen molar-refractivity contribution < 1.29 is 14.4 Å². The number of anilines is 1. The molecule has 0 bridgehead atoms. The van der Waals surface area contributed by atoms with Crippen LogP contribution >= 0.6 is 11.6 Å². The zero-order valence-electron chi connectivity index (χ0n) is 13.7. The molecule has 0 radical (unpaired) electrons. The Morgan fingerprint density at radius 2 is 1.88 bits per heavy atom. The summed E-state index contributed by atoms with van der Waals surface area (Å²) in [6, 6.07) is 3.21. The van der Waals surface area contributed by atoms with E-state index in [1.165, 1.54) is 4.90 Å². The summed E-state index contributed by atoms with van der Waals surface area (Å²) in [4.78, 5) is 40.0.